The van der Waals surface area contributed by atoms with Crippen LogP contribution in [0.3, 0.4) is 0 Å². The van der Waals surface area contributed by atoms with Crippen molar-refractivity contribution in [3.8, 4) is 11.5 Å². The van der Waals surface area contributed by atoms with Crippen LogP contribution in [-0.4, -0.2) is 36.7 Å². The lowest BCUT2D eigenvalue weighted by Crippen LogP contribution is -1.95. The first-order chi connectivity index (χ1) is 8.73. The van der Waals surface area contributed by atoms with E-state index in [0.717, 1.165) is 21.1 Å². The molecule has 4 nitrogen and oxygen atoms in total. The quantitative estimate of drug-likeness (QED) is 0.488. The Labute approximate surface area is 114 Å². The lowest BCUT2D eigenvalue weighted by atomic mass is 10.2. The number of hydrogen-bond acceptors (Lipinski definition) is 6. The van der Waals surface area contributed by atoms with E-state index in [9.17, 15) is 0 Å². The third kappa shape index (κ3) is 2.35. The molecule has 0 saturated carbocycles. The van der Waals surface area contributed by atoms with Gasteiger partial charge in [-0.15, -0.1) is 11.8 Å². The monoisotopic (exact) mass is 282 g/mol. The molecule has 0 N–H and O–H groups in total. The summed E-state index contributed by atoms with van der Waals surface area (Å²) in [6, 6.07) is 3.80. The van der Waals surface area contributed by atoms with Gasteiger partial charge in [0.25, 0.3) is 0 Å². The summed E-state index contributed by atoms with van der Waals surface area (Å²) in [4.78, 5) is 8.98. The van der Waals surface area contributed by atoms with Crippen LogP contribution in [0.25, 0.3) is 10.9 Å². The summed E-state index contributed by atoms with van der Waals surface area (Å²) in [6.45, 7) is 0. The normalized spacial score (nSPS) is 10.7. The Morgan fingerprint density at radius 2 is 1.61 bits per heavy atom. The maximum Gasteiger partial charge on any atom is 0.188 e. The van der Waals surface area contributed by atoms with Crippen molar-refractivity contribution in [2.24, 2.45) is 0 Å². The molecular formula is C12H14N2O2S2. The highest BCUT2D eigenvalue weighted by atomic mass is 32.2. The van der Waals surface area contributed by atoms with E-state index in [1.165, 1.54) is 11.8 Å². The molecule has 0 unspecified atom stereocenters. The zero-order chi connectivity index (χ0) is 13.1. The molecule has 6 heteroatoms. The molecule has 0 saturated heterocycles. The predicted octanol–water partition coefficient (Wildman–Crippen LogP) is 3.09. The Morgan fingerprint density at radius 3 is 2.17 bits per heavy atom. The molecule has 2 rings (SSSR count). The molecule has 0 fully saturated rings. The first-order valence-electron chi connectivity index (χ1n) is 5.25. The second-order valence-corrected chi connectivity index (χ2v) is 5.01. The van der Waals surface area contributed by atoms with Gasteiger partial charge in [0.2, 0.25) is 0 Å². The van der Waals surface area contributed by atoms with Gasteiger partial charge in [0.15, 0.2) is 16.7 Å². The van der Waals surface area contributed by atoms with Crippen molar-refractivity contribution in [2.75, 3.05) is 26.7 Å². The molecule has 18 heavy (non-hydrogen) atoms. The number of fused-ring (bicyclic) bond motifs is 1. The molecule has 0 aliphatic rings. The molecule has 1 heterocycles. The van der Waals surface area contributed by atoms with Crippen LogP contribution in [0.2, 0.25) is 0 Å². The minimum atomic E-state index is 0.683. The molecule has 0 aliphatic heterocycles. The highest BCUT2D eigenvalue weighted by Crippen LogP contribution is 2.35. The number of hydrogen-bond donors (Lipinski definition) is 0. The van der Waals surface area contributed by atoms with Crippen molar-refractivity contribution in [1.29, 1.82) is 0 Å². The lowest BCUT2D eigenvalue weighted by Gasteiger charge is -2.11. The van der Waals surface area contributed by atoms with E-state index in [0.29, 0.717) is 11.5 Å². The van der Waals surface area contributed by atoms with Gasteiger partial charge in [-0.2, -0.15) is 0 Å². The highest BCUT2D eigenvalue weighted by molar-refractivity contribution is 7.99. The fourth-order valence-electron chi connectivity index (χ4n) is 1.65. The van der Waals surface area contributed by atoms with Gasteiger partial charge in [0.05, 0.1) is 19.7 Å². The summed E-state index contributed by atoms with van der Waals surface area (Å²) in [6.07, 6.45) is 3.97. The molecule has 0 radical (unpaired) electrons. The number of methoxy groups -OCH3 is 2. The van der Waals surface area contributed by atoms with Crippen molar-refractivity contribution >= 4 is 34.4 Å². The second-order valence-electron chi connectivity index (χ2n) is 3.44. The minimum absolute atomic E-state index is 0.683. The van der Waals surface area contributed by atoms with E-state index in [4.69, 9.17) is 9.47 Å². The van der Waals surface area contributed by atoms with Gasteiger partial charge >= 0.3 is 0 Å². The van der Waals surface area contributed by atoms with Crippen LogP contribution in [0.1, 0.15) is 0 Å². The zero-order valence-corrected chi connectivity index (χ0v) is 12.3. The highest BCUT2D eigenvalue weighted by Gasteiger charge is 2.12. The van der Waals surface area contributed by atoms with E-state index in [1.54, 1.807) is 26.0 Å². The van der Waals surface area contributed by atoms with Crippen molar-refractivity contribution in [2.45, 2.75) is 10.2 Å². The third-order valence-electron chi connectivity index (χ3n) is 2.52. The van der Waals surface area contributed by atoms with Crippen molar-refractivity contribution in [1.82, 2.24) is 9.97 Å². The largest absolute Gasteiger partial charge is 0.493 e. The van der Waals surface area contributed by atoms with Gasteiger partial charge < -0.3 is 9.47 Å². The van der Waals surface area contributed by atoms with E-state index in [1.807, 2.05) is 24.6 Å². The van der Waals surface area contributed by atoms with E-state index >= 15 is 0 Å². The molecule has 96 valence electrons. The zero-order valence-electron chi connectivity index (χ0n) is 10.7. The molecule has 1 aromatic carbocycles. The van der Waals surface area contributed by atoms with Gasteiger partial charge in [-0.1, -0.05) is 11.8 Å². The summed E-state index contributed by atoms with van der Waals surface area (Å²) >= 11 is 3.13. The number of thioether (sulfide) groups is 2. The Morgan fingerprint density at radius 1 is 0.944 bits per heavy atom. The molecule has 0 atom stereocenters. The number of ether oxygens (including phenoxy) is 2. The van der Waals surface area contributed by atoms with Crippen molar-refractivity contribution in [3.63, 3.8) is 0 Å². The fourth-order valence-corrected chi connectivity index (χ4v) is 2.65. The Balaban J connectivity index is 2.74. The molecular weight excluding hydrogens is 268 g/mol. The molecule has 2 aromatic rings. The summed E-state index contributed by atoms with van der Waals surface area (Å²) in [5.41, 5.74) is 0.872. The number of aromatic nitrogens is 2. The molecule has 0 amide bonds. The predicted molar refractivity (Wildman–Crippen MR) is 76.2 cm³/mol. The van der Waals surface area contributed by atoms with Gasteiger partial charge in [0, 0.05) is 11.5 Å². The summed E-state index contributed by atoms with van der Waals surface area (Å²) in [5.74, 6) is 1.38. The topological polar surface area (TPSA) is 44.2 Å². The van der Waals surface area contributed by atoms with Crippen LogP contribution in [0.15, 0.2) is 22.3 Å². The SMILES string of the molecule is COc1cc2nc(SC)nc(SC)c2cc1OC. The number of benzene rings is 1. The van der Waals surface area contributed by atoms with Gasteiger partial charge in [0.1, 0.15) is 5.03 Å². The summed E-state index contributed by atoms with van der Waals surface area (Å²) in [7, 11) is 3.25. The van der Waals surface area contributed by atoms with Crippen LogP contribution in [0.5, 0.6) is 11.5 Å². The van der Waals surface area contributed by atoms with E-state index < -0.39 is 0 Å². The maximum absolute atomic E-state index is 5.31. The average Bonchev–Trinajstić information content (AvgIpc) is 2.44. The van der Waals surface area contributed by atoms with Crippen molar-refractivity contribution in [3.05, 3.63) is 12.1 Å². The van der Waals surface area contributed by atoms with Crippen LogP contribution in [-0.2, 0) is 0 Å². The molecule has 0 spiro atoms. The van der Waals surface area contributed by atoms with E-state index in [-0.39, 0.29) is 0 Å². The van der Waals surface area contributed by atoms with Gasteiger partial charge in [-0.05, 0) is 18.6 Å². The smallest absolute Gasteiger partial charge is 0.188 e. The Kier molecular flexibility index (Phi) is 4.19. The van der Waals surface area contributed by atoms with Gasteiger partial charge in [-0.25, -0.2) is 9.97 Å². The van der Waals surface area contributed by atoms with Crippen molar-refractivity contribution < 1.29 is 9.47 Å². The Hall–Kier alpha value is -1.14. The third-order valence-corrected chi connectivity index (χ3v) is 3.77. The van der Waals surface area contributed by atoms with Crippen LogP contribution < -0.4 is 9.47 Å². The lowest BCUT2D eigenvalue weighted by molar-refractivity contribution is 0.355. The molecule has 0 aliphatic carbocycles. The Bertz CT molecular complexity index is 575. The van der Waals surface area contributed by atoms with Crippen LogP contribution in [0, 0.1) is 0 Å². The number of nitrogens with zero attached hydrogens (tertiary/aromatic N) is 2. The average molecular weight is 282 g/mol. The first kappa shape index (κ1) is 13.3. The van der Waals surface area contributed by atoms with Crippen LogP contribution >= 0.6 is 23.5 Å². The second kappa shape index (κ2) is 5.67. The summed E-state index contributed by atoms with van der Waals surface area (Å²) < 4.78 is 10.6. The summed E-state index contributed by atoms with van der Waals surface area (Å²) in [5, 5.41) is 2.70. The molecule has 0 bridgehead atoms. The van der Waals surface area contributed by atoms with E-state index in [2.05, 4.69) is 9.97 Å². The van der Waals surface area contributed by atoms with Gasteiger partial charge in [-0.3, -0.25) is 0 Å². The molecule has 1 aromatic heterocycles. The number of rotatable bonds is 4. The fraction of sp³-hybridized carbons (Fsp3) is 0.333. The first-order valence-corrected chi connectivity index (χ1v) is 7.70. The van der Waals surface area contributed by atoms with Crippen LogP contribution in [0.4, 0.5) is 0 Å². The minimum Gasteiger partial charge on any atom is -0.493 e. The standard InChI is InChI=1S/C12H14N2O2S2/c1-15-9-5-7-8(6-10(9)16-2)13-12(18-4)14-11(7)17-3/h5-6H,1-4H3. The maximum atomic E-state index is 5.31.